The third-order valence-corrected chi connectivity index (χ3v) is 6.16. The first-order valence-electron chi connectivity index (χ1n) is 11.0. The van der Waals surface area contributed by atoms with Crippen molar-refractivity contribution in [3.63, 3.8) is 0 Å². The number of rotatable bonds is 3. The lowest BCUT2D eigenvalue weighted by Crippen LogP contribution is -2.38. The van der Waals surface area contributed by atoms with Gasteiger partial charge in [-0.1, -0.05) is 29.5 Å². The fourth-order valence-corrected chi connectivity index (χ4v) is 4.39. The van der Waals surface area contributed by atoms with Crippen molar-refractivity contribution < 1.29 is 31.1 Å². The van der Waals surface area contributed by atoms with Gasteiger partial charge in [0, 0.05) is 32.3 Å². The van der Waals surface area contributed by atoms with E-state index in [0.29, 0.717) is 12.1 Å². The fraction of sp³-hybridized carbons (Fsp3) is 0.250. The highest BCUT2D eigenvalue weighted by atomic mass is 19.4. The van der Waals surface area contributed by atoms with Crippen LogP contribution < -0.4 is 0 Å². The first-order chi connectivity index (χ1) is 17.4. The molecule has 1 amide bonds. The van der Waals surface area contributed by atoms with Gasteiger partial charge in [0.15, 0.2) is 5.69 Å². The van der Waals surface area contributed by atoms with Gasteiger partial charge in [-0.15, -0.1) is 5.10 Å². The molecule has 37 heavy (non-hydrogen) atoms. The summed E-state index contributed by atoms with van der Waals surface area (Å²) in [5, 5.41) is 11.6. The Morgan fingerprint density at radius 3 is 2.27 bits per heavy atom. The zero-order valence-electron chi connectivity index (χ0n) is 19.1. The Bertz CT molecular complexity index is 1440. The van der Waals surface area contributed by atoms with Gasteiger partial charge in [0.25, 0.3) is 5.91 Å². The van der Waals surface area contributed by atoms with E-state index in [2.05, 4.69) is 15.4 Å². The van der Waals surface area contributed by atoms with Crippen molar-refractivity contribution in [1.29, 1.82) is 0 Å². The Morgan fingerprint density at radius 2 is 1.65 bits per heavy atom. The lowest BCUT2D eigenvalue weighted by molar-refractivity contribution is -0.143. The molecule has 0 radical (unpaired) electrons. The molecule has 0 bridgehead atoms. The summed E-state index contributed by atoms with van der Waals surface area (Å²) < 4.78 is 81.9. The molecule has 5 rings (SSSR count). The van der Waals surface area contributed by atoms with E-state index in [1.165, 1.54) is 4.90 Å². The summed E-state index contributed by atoms with van der Waals surface area (Å²) in [5.74, 6) is -0.742. The Balaban J connectivity index is 1.47. The molecule has 2 aromatic heterocycles. The number of fused-ring (bicyclic) bond motifs is 1. The maximum absolute atomic E-state index is 13.3. The quantitative estimate of drug-likeness (QED) is 0.363. The molecule has 1 aliphatic heterocycles. The van der Waals surface area contributed by atoms with Crippen LogP contribution in [0.3, 0.4) is 0 Å². The van der Waals surface area contributed by atoms with Crippen molar-refractivity contribution in [3.05, 3.63) is 94.6 Å². The zero-order chi connectivity index (χ0) is 26.5. The summed E-state index contributed by atoms with van der Waals surface area (Å²) in [6, 6.07) is 8.66. The Labute approximate surface area is 205 Å². The third kappa shape index (κ3) is 4.80. The molecule has 0 aliphatic carbocycles. The van der Waals surface area contributed by atoms with E-state index in [1.54, 1.807) is 17.9 Å². The minimum absolute atomic E-state index is 0.0241. The smallest absolute Gasteiger partial charge is 0.332 e. The Morgan fingerprint density at radius 1 is 0.973 bits per heavy atom. The monoisotopic (exact) mass is 520 g/mol. The van der Waals surface area contributed by atoms with Crippen LogP contribution in [0.25, 0.3) is 5.69 Å². The van der Waals surface area contributed by atoms with Crippen molar-refractivity contribution >= 4 is 5.91 Å². The molecule has 4 aromatic rings. The summed E-state index contributed by atoms with van der Waals surface area (Å²) in [6.45, 7) is 0.524. The van der Waals surface area contributed by atoms with Gasteiger partial charge in [0.2, 0.25) is 0 Å². The van der Waals surface area contributed by atoms with E-state index in [0.717, 1.165) is 27.6 Å². The van der Waals surface area contributed by atoms with Crippen LogP contribution in [0, 0.1) is 0 Å². The average molecular weight is 520 g/mol. The van der Waals surface area contributed by atoms with E-state index < -0.39 is 35.1 Å². The van der Waals surface area contributed by atoms with Crippen molar-refractivity contribution in [1.82, 2.24) is 29.7 Å². The second-order valence-electron chi connectivity index (χ2n) is 8.70. The summed E-state index contributed by atoms with van der Waals surface area (Å²) in [7, 11) is 1.78. The summed E-state index contributed by atoms with van der Waals surface area (Å²) in [5.41, 5.74) is -0.899. The second-order valence-corrected chi connectivity index (χ2v) is 8.70. The highest BCUT2D eigenvalue weighted by Crippen LogP contribution is 2.37. The molecule has 0 fully saturated rings. The van der Waals surface area contributed by atoms with Gasteiger partial charge in [-0.25, -0.2) is 4.68 Å². The molecule has 192 valence electrons. The van der Waals surface area contributed by atoms with E-state index in [9.17, 15) is 31.1 Å². The number of aromatic nitrogens is 5. The van der Waals surface area contributed by atoms with Crippen LogP contribution in [0.4, 0.5) is 26.3 Å². The minimum atomic E-state index is -5.02. The number of carbonyl (C=O) groups is 1. The van der Waals surface area contributed by atoms with Crippen LogP contribution in [0.15, 0.2) is 61.1 Å². The molecular weight excluding hydrogens is 502 g/mol. The van der Waals surface area contributed by atoms with E-state index in [4.69, 9.17) is 0 Å². The molecule has 1 aliphatic rings. The second kappa shape index (κ2) is 8.75. The fourth-order valence-electron chi connectivity index (χ4n) is 4.39. The van der Waals surface area contributed by atoms with Gasteiger partial charge in [0.05, 0.1) is 29.2 Å². The van der Waals surface area contributed by atoms with Gasteiger partial charge in [-0.3, -0.25) is 9.48 Å². The molecule has 2 aromatic carbocycles. The Hall–Kier alpha value is -4.16. The molecule has 7 nitrogen and oxygen atoms in total. The molecule has 1 atom stereocenters. The molecule has 13 heteroatoms. The highest BCUT2D eigenvalue weighted by molar-refractivity contribution is 5.92. The van der Waals surface area contributed by atoms with Crippen LogP contribution in [-0.2, 0) is 25.9 Å². The summed E-state index contributed by atoms with van der Waals surface area (Å²) in [4.78, 5) is 14.8. The van der Waals surface area contributed by atoms with Crippen LogP contribution in [0.2, 0.25) is 0 Å². The van der Waals surface area contributed by atoms with Gasteiger partial charge in [0.1, 0.15) is 0 Å². The lowest BCUT2D eigenvalue weighted by Gasteiger charge is -2.34. The zero-order valence-corrected chi connectivity index (χ0v) is 19.1. The van der Waals surface area contributed by atoms with Crippen LogP contribution in [0.1, 0.15) is 44.2 Å². The maximum atomic E-state index is 13.3. The molecule has 0 spiro atoms. The molecule has 0 saturated heterocycles. The first-order valence-corrected chi connectivity index (χ1v) is 11.0. The van der Waals surface area contributed by atoms with Gasteiger partial charge >= 0.3 is 12.4 Å². The lowest BCUT2D eigenvalue weighted by atomic mass is 9.86. The van der Waals surface area contributed by atoms with Crippen LogP contribution in [0.5, 0.6) is 0 Å². The van der Waals surface area contributed by atoms with Gasteiger partial charge in [-0.2, -0.15) is 31.4 Å². The number of hydrogen-bond donors (Lipinski definition) is 0. The molecule has 3 heterocycles. The summed E-state index contributed by atoms with van der Waals surface area (Å²) >= 11 is 0. The van der Waals surface area contributed by atoms with Crippen molar-refractivity contribution in [2.24, 2.45) is 7.05 Å². The Kier molecular flexibility index (Phi) is 5.80. The minimum Gasteiger partial charge on any atom is -0.332 e. The molecule has 0 saturated carbocycles. The number of amides is 1. The van der Waals surface area contributed by atoms with Crippen molar-refractivity contribution in [2.75, 3.05) is 6.54 Å². The maximum Gasteiger partial charge on any atom is 0.416 e. The number of nitrogens with zero attached hydrogens (tertiary/aromatic N) is 6. The predicted molar refractivity (Wildman–Crippen MR) is 118 cm³/mol. The average Bonchev–Trinajstić information content (AvgIpc) is 3.51. The molecule has 0 N–H and O–H groups in total. The molecule has 1 unspecified atom stereocenters. The van der Waals surface area contributed by atoms with Gasteiger partial charge in [-0.05, 0) is 34.9 Å². The van der Waals surface area contributed by atoms with Crippen molar-refractivity contribution in [2.45, 2.75) is 24.8 Å². The topological polar surface area (TPSA) is 68.8 Å². The van der Waals surface area contributed by atoms with E-state index in [-0.39, 0.29) is 30.8 Å². The summed E-state index contributed by atoms with van der Waals surface area (Å²) in [6.07, 6.45) is -5.46. The number of alkyl halides is 6. The van der Waals surface area contributed by atoms with E-state index >= 15 is 0 Å². The van der Waals surface area contributed by atoms with Gasteiger partial charge < -0.3 is 4.90 Å². The normalized spacial score (nSPS) is 16.1. The molecular formula is C24H18F6N6O. The predicted octanol–water partition coefficient (Wildman–Crippen LogP) is 4.83. The van der Waals surface area contributed by atoms with Crippen LogP contribution in [-0.4, -0.2) is 42.1 Å². The number of hydrogen-bond acceptors (Lipinski definition) is 4. The standard InChI is InChI=1S/C24H18F6N6O/c1-34-10-15(9-31-34)20-12-35(11-14-4-2-3-5-19(14)20)22(37)21-13-36(33-32-21)18-7-16(23(25,26)27)6-17(8-18)24(28,29)30/h2-10,13,20H,11-12H2,1H3. The third-order valence-electron chi connectivity index (χ3n) is 6.16. The van der Waals surface area contributed by atoms with E-state index in [1.807, 2.05) is 30.5 Å². The first kappa shape index (κ1) is 24.5. The number of benzene rings is 2. The van der Waals surface area contributed by atoms with Crippen LogP contribution >= 0.6 is 0 Å². The highest BCUT2D eigenvalue weighted by Gasteiger charge is 2.37. The van der Waals surface area contributed by atoms with Crippen molar-refractivity contribution in [3.8, 4) is 5.69 Å². The number of aryl methyl sites for hydroxylation is 1. The number of halogens is 6. The number of carbonyl (C=O) groups excluding carboxylic acids is 1. The largest absolute Gasteiger partial charge is 0.416 e. The SMILES string of the molecule is Cn1cc(C2CN(C(=O)c3cn(-c4cc(C(F)(F)F)cc(C(F)(F)F)c4)nn3)Cc3ccccc32)cn1.